The van der Waals surface area contributed by atoms with Crippen LogP contribution in [-0.2, 0) is 0 Å². The Kier molecular flexibility index (Phi) is 4.64. The highest BCUT2D eigenvalue weighted by atomic mass is 16.6. The summed E-state index contributed by atoms with van der Waals surface area (Å²) >= 11 is 0. The monoisotopic (exact) mass is 425 g/mol. The normalized spacial score (nSPS) is 10.9. The van der Waals surface area contributed by atoms with Crippen molar-refractivity contribution < 1.29 is 9.72 Å². The molecule has 0 radical (unpaired) electrons. The third-order valence-electron chi connectivity index (χ3n) is 4.88. The molecule has 2 aromatic carbocycles. The van der Waals surface area contributed by atoms with Crippen LogP contribution in [0.25, 0.3) is 22.5 Å². The van der Waals surface area contributed by atoms with E-state index in [2.05, 4.69) is 20.4 Å². The largest absolute Gasteiger partial charge is 0.320 e. The van der Waals surface area contributed by atoms with E-state index in [4.69, 9.17) is 0 Å². The lowest BCUT2D eigenvalue weighted by Gasteiger charge is -2.06. The fourth-order valence-electron chi connectivity index (χ4n) is 3.26. The second-order valence-corrected chi connectivity index (χ2v) is 6.91. The molecule has 32 heavy (non-hydrogen) atoms. The zero-order chi connectivity index (χ0) is 22.1. The van der Waals surface area contributed by atoms with Crippen molar-refractivity contribution >= 4 is 28.3 Å². The molecule has 0 bridgehead atoms. The molecule has 0 spiro atoms. The molecular formula is C22H15N7O3. The predicted molar refractivity (Wildman–Crippen MR) is 117 cm³/mol. The molecule has 0 aliphatic heterocycles. The zero-order valence-electron chi connectivity index (χ0n) is 16.5. The number of carbonyl (C=O) groups is 1. The van der Waals surface area contributed by atoms with Gasteiger partial charge in [0.25, 0.3) is 11.6 Å². The van der Waals surface area contributed by atoms with Crippen molar-refractivity contribution in [3.05, 3.63) is 101 Å². The highest BCUT2D eigenvalue weighted by Gasteiger charge is 2.12. The number of non-ortho nitro benzene ring substituents is 1. The van der Waals surface area contributed by atoms with E-state index in [-0.39, 0.29) is 11.6 Å². The van der Waals surface area contributed by atoms with Crippen LogP contribution in [0.5, 0.6) is 0 Å². The Labute approximate surface area is 180 Å². The summed E-state index contributed by atoms with van der Waals surface area (Å²) in [6.45, 7) is 0. The van der Waals surface area contributed by atoms with Crippen molar-refractivity contribution in [3.63, 3.8) is 0 Å². The number of anilines is 1. The Balaban J connectivity index is 1.31. The minimum atomic E-state index is -0.472. The van der Waals surface area contributed by atoms with Crippen LogP contribution < -0.4 is 5.32 Å². The maximum Gasteiger partial charge on any atom is 0.269 e. The molecule has 10 heteroatoms. The van der Waals surface area contributed by atoms with Gasteiger partial charge in [-0.3, -0.25) is 19.5 Å². The maximum absolute atomic E-state index is 12.6. The summed E-state index contributed by atoms with van der Waals surface area (Å²) < 4.78 is 3.35. The van der Waals surface area contributed by atoms with Gasteiger partial charge in [-0.2, -0.15) is 5.10 Å². The first-order chi connectivity index (χ1) is 15.6. The van der Waals surface area contributed by atoms with E-state index in [9.17, 15) is 14.9 Å². The number of nitrogens with one attached hydrogen (secondary N) is 1. The molecule has 3 heterocycles. The molecular weight excluding hydrogens is 410 g/mol. The van der Waals surface area contributed by atoms with E-state index in [1.807, 2.05) is 28.8 Å². The molecule has 5 rings (SSSR count). The third kappa shape index (κ3) is 3.56. The number of hydrogen-bond donors (Lipinski definition) is 1. The number of fused-ring (bicyclic) bond motifs is 1. The van der Waals surface area contributed by atoms with Gasteiger partial charge in [-0.05, 0) is 36.4 Å². The highest BCUT2D eigenvalue weighted by Crippen LogP contribution is 2.19. The van der Waals surface area contributed by atoms with Crippen LogP contribution in [0.2, 0.25) is 0 Å². The van der Waals surface area contributed by atoms with Crippen LogP contribution in [-0.4, -0.2) is 35.1 Å². The number of carbonyl (C=O) groups excluding carboxylic acids is 1. The number of nitro groups is 1. The van der Waals surface area contributed by atoms with Crippen molar-refractivity contribution in [3.8, 4) is 11.5 Å². The highest BCUT2D eigenvalue weighted by molar-refractivity contribution is 6.03. The Morgan fingerprint density at radius 2 is 1.78 bits per heavy atom. The first kappa shape index (κ1) is 19.1. The van der Waals surface area contributed by atoms with Gasteiger partial charge in [-0.1, -0.05) is 12.1 Å². The molecule has 0 unspecified atom stereocenters. The van der Waals surface area contributed by atoms with Crippen LogP contribution in [0.15, 0.2) is 85.6 Å². The maximum atomic E-state index is 12.6. The Bertz CT molecular complexity index is 1440. The third-order valence-corrected chi connectivity index (χ3v) is 4.88. The molecule has 0 saturated heterocycles. The van der Waals surface area contributed by atoms with Gasteiger partial charge in [0.1, 0.15) is 12.1 Å². The average molecular weight is 425 g/mol. The van der Waals surface area contributed by atoms with Crippen molar-refractivity contribution in [1.29, 1.82) is 0 Å². The topological polar surface area (TPSA) is 121 Å². The van der Waals surface area contributed by atoms with Gasteiger partial charge in [-0.15, -0.1) is 0 Å². The lowest BCUT2D eigenvalue weighted by atomic mass is 10.3. The van der Waals surface area contributed by atoms with Crippen LogP contribution >= 0.6 is 0 Å². The van der Waals surface area contributed by atoms with Crippen molar-refractivity contribution in [2.24, 2.45) is 0 Å². The minimum Gasteiger partial charge on any atom is -0.320 e. The van der Waals surface area contributed by atoms with Crippen molar-refractivity contribution in [2.45, 2.75) is 0 Å². The summed E-state index contributed by atoms with van der Waals surface area (Å²) in [4.78, 5) is 31.7. The van der Waals surface area contributed by atoms with Gasteiger partial charge in [0, 0.05) is 18.3 Å². The number of rotatable bonds is 5. The fraction of sp³-hybridized carbons (Fsp3) is 0. The number of hydrogen-bond acceptors (Lipinski definition) is 6. The van der Waals surface area contributed by atoms with E-state index in [0.29, 0.717) is 22.8 Å². The second-order valence-electron chi connectivity index (χ2n) is 6.91. The van der Waals surface area contributed by atoms with E-state index in [0.717, 1.165) is 11.0 Å². The number of benzene rings is 2. The zero-order valence-corrected chi connectivity index (χ0v) is 16.5. The van der Waals surface area contributed by atoms with Gasteiger partial charge in [0.15, 0.2) is 0 Å². The standard InChI is InChI=1S/C22H15N7O3/c30-22(15-11-25-28(13-15)17-6-8-18(9-7-17)29(31)32)26-16-5-10-21(23-12-16)27-14-24-19-3-1-2-4-20(19)27/h1-14H,(H,26,30). The second kappa shape index (κ2) is 7.76. The summed E-state index contributed by atoms with van der Waals surface area (Å²) in [5, 5.41) is 17.7. The van der Waals surface area contributed by atoms with E-state index >= 15 is 0 Å². The number of para-hydroxylation sites is 2. The molecule has 1 amide bonds. The fourth-order valence-corrected chi connectivity index (χ4v) is 3.26. The van der Waals surface area contributed by atoms with Crippen LogP contribution in [0.1, 0.15) is 10.4 Å². The van der Waals surface area contributed by atoms with Gasteiger partial charge in [-0.25, -0.2) is 14.6 Å². The SMILES string of the molecule is O=C(Nc1ccc(-n2cnc3ccccc32)nc1)c1cnn(-c2ccc([N+](=O)[O-])cc2)c1. The minimum absolute atomic E-state index is 0.0153. The number of pyridine rings is 1. The molecule has 0 fully saturated rings. The van der Waals surface area contributed by atoms with E-state index < -0.39 is 4.92 Å². The van der Waals surface area contributed by atoms with Crippen molar-refractivity contribution in [1.82, 2.24) is 24.3 Å². The van der Waals surface area contributed by atoms with Crippen LogP contribution in [0.3, 0.4) is 0 Å². The summed E-state index contributed by atoms with van der Waals surface area (Å²) in [6, 6.07) is 17.2. The molecule has 1 N–H and O–H groups in total. The lowest BCUT2D eigenvalue weighted by Crippen LogP contribution is -2.11. The number of nitrogens with zero attached hydrogens (tertiary/aromatic N) is 6. The van der Waals surface area contributed by atoms with Gasteiger partial charge in [0.05, 0.1) is 45.3 Å². The first-order valence-corrected chi connectivity index (χ1v) is 9.58. The van der Waals surface area contributed by atoms with Crippen LogP contribution in [0.4, 0.5) is 11.4 Å². The molecule has 0 aliphatic carbocycles. The molecule has 10 nitrogen and oxygen atoms in total. The quantitative estimate of drug-likeness (QED) is 0.338. The van der Waals surface area contributed by atoms with E-state index in [1.165, 1.54) is 23.0 Å². The predicted octanol–water partition coefficient (Wildman–Crippen LogP) is 3.77. The summed E-state index contributed by atoms with van der Waals surface area (Å²) in [5.74, 6) is 0.337. The Morgan fingerprint density at radius 1 is 0.969 bits per heavy atom. The molecule has 3 aromatic heterocycles. The number of amides is 1. The average Bonchev–Trinajstić information content (AvgIpc) is 3.48. The molecule has 0 atom stereocenters. The Morgan fingerprint density at radius 3 is 2.53 bits per heavy atom. The molecule has 0 saturated carbocycles. The summed E-state index contributed by atoms with van der Waals surface area (Å²) in [6.07, 6.45) is 6.26. The summed E-state index contributed by atoms with van der Waals surface area (Å²) in [7, 11) is 0. The molecule has 5 aromatic rings. The smallest absolute Gasteiger partial charge is 0.269 e. The Hall–Kier alpha value is -4.86. The van der Waals surface area contributed by atoms with Gasteiger partial charge < -0.3 is 5.32 Å². The number of nitro benzene ring substituents is 1. The van der Waals surface area contributed by atoms with E-state index in [1.54, 1.807) is 43.0 Å². The van der Waals surface area contributed by atoms with Gasteiger partial charge in [0.2, 0.25) is 0 Å². The molecule has 0 aliphatic rings. The number of aromatic nitrogens is 5. The van der Waals surface area contributed by atoms with Crippen molar-refractivity contribution in [2.75, 3.05) is 5.32 Å². The number of imidazole rings is 1. The summed E-state index contributed by atoms with van der Waals surface area (Å²) in [5.41, 5.74) is 3.28. The van der Waals surface area contributed by atoms with Crippen LogP contribution in [0, 0.1) is 10.1 Å². The lowest BCUT2D eigenvalue weighted by molar-refractivity contribution is -0.384. The molecule has 156 valence electrons. The first-order valence-electron chi connectivity index (χ1n) is 9.58. The van der Waals surface area contributed by atoms with Gasteiger partial charge >= 0.3 is 0 Å².